The number of nitrogens with zero attached hydrogens (tertiary/aromatic N) is 4. The van der Waals surface area contributed by atoms with Crippen LogP contribution in [0.4, 0.5) is 10.6 Å². The van der Waals surface area contributed by atoms with Crippen molar-refractivity contribution in [3.8, 4) is 0 Å². The van der Waals surface area contributed by atoms with Crippen LogP contribution >= 0.6 is 0 Å². The second-order valence-corrected chi connectivity index (χ2v) is 9.88. The molecule has 8 heteroatoms. The summed E-state index contributed by atoms with van der Waals surface area (Å²) in [6.07, 6.45) is 5.36. The fourth-order valence-corrected chi connectivity index (χ4v) is 4.34. The summed E-state index contributed by atoms with van der Waals surface area (Å²) in [7, 11) is 1.61. The molecule has 0 aromatic carbocycles. The van der Waals surface area contributed by atoms with E-state index in [9.17, 15) is 14.4 Å². The van der Waals surface area contributed by atoms with Crippen LogP contribution in [0.1, 0.15) is 86.2 Å². The Morgan fingerprint density at radius 3 is 2.44 bits per heavy atom. The van der Waals surface area contributed by atoms with Crippen molar-refractivity contribution in [2.24, 2.45) is 0 Å². The van der Waals surface area contributed by atoms with Crippen LogP contribution in [-0.4, -0.2) is 71.4 Å². The van der Waals surface area contributed by atoms with E-state index in [2.05, 4.69) is 11.8 Å². The van der Waals surface area contributed by atoms with Crippen LogP contribution < -0.4 is 4.90 Å². The third kappa shape index (κ3) is 5.58. The Morgan fingerprint density at radius 2 is 1.88 bits per heavy atom. The number of hydrogen-bond acceptors (Lipinski definition) is 6. The molecule has 1 atom stereocenters. The van der Waals surface area contributed by atoms with E-state index in [1.165, 1.54) is 4.90 Å². The van der Waals surface area contributed by atoms with E-state index < -0.39 is 11.7 Å². The lowest BCUT2D eigenvalue weighted by atomic mass is 10.0. The van der Waals surface area contributed by atoms with Gasteiger partial charge in [-0.15, -0.1) is 0 Å². The molecule has 0 spiro atoms. The van der Waals surface area contributed by atoms with Gasteiger partial charge in [0.05, 0.1) is 23.4 Å². The van der Waals surface area contributed by atoms with Gasteiger partial charge in [-0.3, -0.25) is 9.59 Å². The molecule has 0 saturated carbocycles. The molecular formula is C24H36N4O4. The van der Waals surface area contributed by atoms with E-state index >= 15 is 0 Å². The number of carbonyl (C=O) groups excluding carboxylic acids is 3. The molecule has 8 nitrogen and oxygen atoms in total. The quantitative estimate of drug-likeness (QED) is 0.641. The van der Waals surface area contributed by atoms with Gasteiger partial charge in [0.2, 0.25) is 0 Å². The van der Waals surface area contributed by atoms with Crippen LogP contribution in [0, 0.1) is 0 Å². The molecule has 0 aliphatic carbocycles. The molecule has 0 N–H and O–H groups in total. The summed E-state index contributed by atoms with van der Waals surface area (Å²) < 4.78 is 5.45. The van der Waals surface area contributed by atoms with E-state index in [0.717, 1.165) is 38.6 Å². The highest BCUT2D eigenvalue weighted by Crippen LogP contribution is 2.28. The number of piperidine rings is 1. The summed E-state index contributed by atoms with van der Waals surface area (Å²) in [6, 6.07) is 2.07. The van der Waals surface area contributed by atoms with E-state index in [0.29, 0.717) is 42.5 Å². The van der Waals surface area contributed by atoms with E-state index in [-0.39, 0.29) is 18.0 Å². The molecule has 2 amide bonds. The number of pyridine rings is 1. The molecule has 0 unspecified atom stereocenters. The van der Waals surface area contributed by atoms with Crippen LogP contribution in [0.25, 0.3) is 0 Å². The topological polar surface area (TPSA) is 83.1 Å². The Morgan fingerprint density at radius 1 is 1.19 bits per heavy atom. The van der Waals surface area contributed by atoms with Gasteiger partial charge >= 0.3 is 6.09 Å². The average Bonchev–Trinajstić information content (AvgIpc) is 3.18. The number of likely N-dealkylation sites (tertiary alicyclic amines) is 1. The first-order chi connectivity index (χ1) is 15.1. The first-order valence-electron chi connectivity index (χ1n) is 11.6. The zero-order valence-corrected chi connectivity index (χ0v) is 20.0. The lowest BCUT2D eigenvalue weighted by molar-refractivity contribution is 0.0282. The summed E-state index contributed by atoms with van der Waals surface area (Å²) in [6.45, 7) is 9.88. The van der Waals surface area contributed by atoms with Gasteiger partial charge in [0.1, 0.15) is 11.4 Å². The average molecular weight is 445 g/mol. The molecule has 0 bridgehead atoms. The minimum absolute atomic E-state index is 0.0827. The largest absolute Gasteiger partial charge is 0.444 e. The van der Waals surface area contributed by atoms with Crippen molar-refractivity contribution in [3.63, 3.8) is 0 Å². The van der Waals surface area contributed by atoms with Crippen molar-refractivity contribution in [1.29, 1.82) is 0 Å². The molecule has 176 valence electrons. The van der Waals surface area contributed by atoms with Crippen LogP contribution in [0.15, 0.2) is 6.07 Å². The minimum Gasteiger partial charge on any atom is -0.444 e. The number of hydrogen-bond donors (Lipinski definition) is 0. The second kappa shape index (κ2) is 9.88. The highest BCUT2D eigenvalue weighted by atomic mass is 16.6. The molecule has 3 heterocycles. The van der Waals surface area contributed by atoms with Crippen molar-refractivity contribution in [2.75, 3.05) is 31.6 Å². The summed E-state index contributed by atoms with van der Waals surface area (Å²) >= 11 is 0. The van der Waals surface area contributed by atoms with Gasteiger partial charge < -0.3 is 19.4 Å². The molecule has 2 saturated heterocycles. The fourth-order valence-electron chi connectivity index (χ4n) is 4.34. The van der Waals surface area contributed by atoms with Gasteiger partial charge in [-0.1, -0.05) is 0 Å². The number of carbonyl (C=O) groups is 3. The van der Waals surface area contributed by atoms with Crippen molar-refractivity contribution in [2.45, 2.75) is 78.0 Å². The lowest BCUT2D eigenvalue weighted by Crippen LogP contribution is -2.37. The Labute approximate surface area is 190 Å². The number of ether oxygens (including phenoxy) is 1. The molecule has 2 fully saturated rings. The van der Waals surface area contributed by atoms with Crippen molar-refractivity contribution >= 4 is 24.1 Å². The normalized spacial score (nSPS) is 19.1. The minimum atomic E-state index is -0.630. The van der Waals surface area contributed by atoms with Gasteiger partial charge in [0, 0.05) is 32.7 Å². The summed E-state index contributed by atoms with van der Waals surface area (Å²) in [5, 5.41) is 0. The zero-order chi connectivity index (χ0) is 23.5. The standard InChI is InChI=1S/C24H36N4O4/c1-17-10-9-13-28(17)21-14-18(22(30)27-11-7-6-8-12-27)19(16-29)20(25-21)15-26(5)23(31)32-24(2,3)4/h14,16-17H,6-13,15H2,1-5H3/t17-/m1/s1. The van der Waals surface area contributed by atoms with Crippen LogP contribution in [0.5, 0.6) is 0 Å². The van der Waals surface area contributed by atoms with Crippen molar-refractivity contribution in [3.05, 3.63) is 22.9 Å². The van der Waals surface area contributed by atoms with Gasteiger partial charge in [0.15, 0.2) is 6.29 Å². The van der Waals surface area contributed by atoms with E-state index in [4.69, 9.17) is 9.72 Å². The molecule has 2 aliphatic rings. The molecule has 1 aromatic heterocycles. The molecule has 3 rings (SSSR count). The van der Waals surface area contributed by atoms with Gasteiger partial charge in [0.25, 0.3) is 5.91 Å². The highest BCUT2D eigenvalue weighted by molar-refractivity contribution is 6.02. The van der Waals surface area contributed by atoms with Crippen LogP contribution in [0.3, 0.4) is 0 Å². The second-order valence-electron chi connectivity index (χ2n) is 9.88. The first-order valence-corrected chi connectivity index (χ1v) is 11.6. The lowest BCUT2D eigenvalue weighted by Gasteiger charge is -2.29. The van der Waals surface area contributed by atoms with E-state index in [1.54, 1.807) is 33.9 Å². The summed E-state index contributed by atoms with van der Waals surface area (Å²) in [5.41, 5.74) is 0.421. The molecule has 32 heavy (non-hydrogen) atoms. The number of anilines is 1. The maximum atomic E-state index is 13.4. The zero-order valence-electron chi connectivity index (χ0n) is 20.0. The van der Waals surface area contributed by atoms with E-state index in [1.807, 2.05) is 4.90 Å². The molecule has 1 aromatic rings. The van der Waals surface area contributed by atoms with Crippen molar-refractivity contribution < 1.29 is 19.1 Å². The SMILES string of the molecule is C[C@@H]1CCCN1c1cc(C(=O)N2CCCCC2)c(C=O)c(CN(C)C(=O)OC(C)(C)C)n1. The maximum Gasteiger partial charge on any atom is 0.410 e. The monoisotopic (exact) mass is 444 g/mol. The molecule has 0 radical (unpaired) electrons. The van der Waals surface area contributed by atoms with Gasteiger partial charge in [-0.05, 0) is 65.9 Å². The smallest absolute Gasteiger partial charge is 0.410 e. The number of amides is 2. The highest BCUT2D eigenvalue weighted by Gasteiger charge is 2.29. The van der Waals surface area contributed by atoms with Crippen molar-refractivity contribution in [1.82, 2.24) is 14.8 Å². The fraction of sp³-hybridized carbons (Fsp3) is 0.667. The van der Waals surface area contributed by atoms with Crippen LogP contribution in [0.2, 0.25) is 0 Å². The number of aldehydes is 1. The first kappa shape index (κ1) is 24.0. The van der Waals surface area contributed by atoms with Crippen LogP contribution in [-0.2, 0) is 11.3 Å². The maximum absolute atomic E-state index is 13.4. The molecular weight excluding hydrogens is 408 g/mol. The predicted molar refractivity (Wildman–Crippen MR) is 123 cm³/mol. The summed E-state index contributed by atoms with van der Waals surface area (Å²) in [5.74, 6) is 0.553. The van der Waals surface area contributed by atoms with Gasteiger partial charge in [-0.25, -0.2) is 9.78 Å². The predicted octanol–water partition coefficient (Wildman–Crippen LogP) is 3.88. The molecule has 2 aliphatic heterocycles. The Bertz CT molecular complexity index is 858. The number of aromatic nitrogens is 1. The third-order valence-corrected chi connectivity index (χ3v) is 6.05. The Hall–Kier alpha value is -2.64. The number of rotatable bonds is 5. The third-order valence-electron chi connectivity index (χ3n) is 6.05. The van der Waals surface area contributed by atoms with Gasteiger partial charge in [-0.2, -0.15) is 0 Å². The Balaban J connectivity index is 1.99. The Kier molecular flexibility index (Phi) is 7.41. The summed E-state index contributed by atoms with van der Waals surface area (Å²) in [4.78, 5) is 48.2.